The van der Waals surface area contributed by atoms with Gasteiger partial charge in [0.15, 0.2) is 6.61 Å². The van der Waals surface area contributed by atoms with Crippen molar-refractivity contribution in [3.63, 3.8) is 0 Å². The van der Waals surface area contributed by atoms with E-state index in [1.165, 1.54) is 0 Å². The molecule has 0 radical (unpaired) electrons. The van der Waals surface area contributed by atoms with Crippen molar-refractivity contribution >= 4 is 23.2 Å². The largest absolute Gasteiger partial charge is 0.483 e. The molecule has 0 atom stereocenters. The van der Waals surface area contributed by atoms with Crippen molar-refractivity contribution in [2.45, 2.75) is 19.9 Å². The van der Waals surface area contributed by atoms with Crippen LogP contribution in [0.25, 0.3) is 0 Å². The zero-order valence-corrected chi connectivity index (χ0v) is 16.0. The Kier molecular flexibility index (Phi) is 8.41. The van der Waals surface area contributed by atoms with Gasteiger partial charge in [-0.1, -0.05) is 29.3 Å². The maximum Gasteiger partial charge on any atom is 0.262 e. The second kappa shape index (κ2) is 10.8. The van der Waals surface area contributed by atoms with Crippen LogP contribution in [0.15, 0.2) is 42.5 Å². The minimum Gasteiger partial charge on any atom is -0.483 e. The molecular formula is C20H26ClN3O2. The van der Waals surface area contributed by atoms with Crippen molar-refractivity contribution in [3.8, 4) is 5.75 Å². The standard InChI is InChI=1S/C20H26ClN3O2/c1-15-4-7-18(8-5-15)24-20(25)14-26-19-9-6-17(21)12-16(19)13-23-11-3-10-22-2/h4-9,12,22-23H,3,10-11,13-14H2,1-2H3,(H,24,25). The molecule has 0 aliphatic carbocycles. The SMILES string of the molecule is CNCCCNCc1cc(Cl)ccc1OCC(=O)Nc1ccc(C)cc1. The molecule has 0 saturated heterocycles. The molecule has 6 heteroatoms. The van der Waals surface area contributed by atoms with Gasteiger partial charge in [0, 0.05) is 22.8 Å². The van der Waals surface area contributed by atoms with Crippen LogP contribution in [0.5, 0.6) is 5.75 Å². The molecular weight excluding hydrogens is 350 g/mol. The highest BCUT2D eigenvalue weighted by atomic mass is 35.5. The summed E-state index contributed by atoms with van der Waals surface area (Å²) in [5, 5.41) is 9.94. The molecule has 0 spiro atoms. The molecule has 140 valence electrons. The monoisotopic (exact) mass is 375 g/mol. The van der Waals surface area contributed by atoms with Gasteiger partial charge in [-0.05, 0) is 63.8 Å². The summed E-state index contributed by atoms with van der Waals surface area (Å²) in [6, 6.07) is 13.1. The third kappa shape index (κ3) is 7.04. The highest BCUT2D eigenvalue weighted by molar-refractivity contribution is 6.30. The lowest BCUT2D eigenvalue weighted by molar-refractivity contribution is -0.118. The van der Waals surface area contributed by atoms with E-state index in [4.69, 9.17) is 16.3 Å². The quantitative estimate of drug-likeness (QED) is 0.557. The molecule has 0 aliphatic rings. The molecule has 0 aromatic heterocycles. The van der Waals surface area contributed by atoms with E-state index in [9.17, 15) is 4.79 Å². The van der Waals surface area contributed by atoms with E-state index in [-0.39, 0.29) is 12.5 Å². The number of carbonyl (C=O) groups is 1. The highest BCUT2D eigenvalue weighted by Crippen LogP contribution is 2.23. The summed E-state index contributed by atoms with van der Waals surface area (Å²) in [6.45, 7) is 4.44. The van der Waals surface area contributed by atoms with Crippen LogP contribution in [-0.2, 0) is 11.3 Å². The summed E-state index contributed by atoms with van der Waals surface area (Å²) in [7, 11) is 1.94. The van der Waals surface area contributed by atoms with Crippen molar-refractivity contribution in [3.05, 3.63) is 58.6 Å². The Morgan fingerprint density at radius 3 is 2.62 bits per heavy atom. The van der Waals surface area contributed by atoms with E-state index in [1.807, 2.05) is 44.3 Å². The highest BCUT2D eigenvalue weighted by Gasteiger charge is 2.08. The minimum atomic E-state index is -0.197. The number of ether oxygens (including phenoxy) is 1. The second-order valence-electron chi connectivity index (χ2n) is 6.09. The maximum atomic E-state index is 12.1. The molecule has 2 aromatic rings. The molecule has 2 rings (SSSR count). The van der Waals surface area contributed by atoms with Gasteiger partial charge >= 0.3 is 0 Å². The number of benzene rings is 2. The molecule has 26 heavy (non-hydrogen) atoms. The Balaban J connectivity index is 1.87. The lowest BCUT2D eigenvalue weighted by Gasteiger charge is -2.13. The second-order valence-corrected chi connectivity index (χ2v) is 6.53. The lowest BCUT2D eigenvalue weighted by atomic mass is 10.2. The van der Waals surface area contributed by atoms with E-state index in [2.05, 4.69) is 16.0 Å². The molecule has 1 amide bonds. The van der Waals surface area contributed by atoms with Crippen LogP contribution in [0.1, 0.15) is 17.5 Å². The van der Waals surface area contributed by atoms with Gasteiger partial charge in [0.05, 0.1) is 0 Å². The van der Waals surface area contributed by atoms with Gasteiger partial charge in [-0.2, -0.15) is 0 Å². The smallest absolute Gasteiger partial charge is 0.262 e. The van der Waals surface area contributed by atoms with Crippen LogP contribution in [0.3, 0.4) is 0 Å². The summed E-state index contributed by atoms with van der Waals surface area (Å²) in [4.78, 5) is 12.1. The zero-order chi connectivity index (χ0) is 18.8. The number of hydrogen-bond donors (Lipinski definition) is 3. The number of rotatable bonds is 10. The molecule has 5 nitrogen and oxygen atoms in total. The zero-order valence-electron chi connectivity index (χ0n) is 15.3. The number of anilines is 1. The normalized spacial score (nSPS) is 10.6. The predicted molar refractivity (Wildman–Crippen MR) is 107 cm³/mol. The van der Waals surface area contributed by atoms with Crippen LogP contribution in [-0.4, -0.2) is 32.7 Å². The van der Waals surface area contributed by atoms with Gasteiger partial charge < -0.3 is 20.7 Å². The van der Waals surface area contributed by atoms with Gasteiger partial charge in [0.25, 0.3) is 5.91 Å². The Hall–Kier alpha value is -2.08. The molecule has 3 N–H and O–H groups in total. The molecule has 0 unspecified atom stereocenters. The van der Waals surface area contributed by atoms with Crippen molar-refractivity contribution < 1.29 is 9.53 Å². The summed E-state index contributed by atoms with van der Waals surface area (Å²) in [5.41, 5.74) is 2.84. The van der Waals surface area contributed by atoms with Gasteiger partial charge in [-0.15, -0.1) is 0 Å². The Morgan fingerprint density at radius 1 is 1.12 bits per heavy atom. The number of nitrogens with one attached hydrogen (secondary N) is 3. The molecule has 0 fully saturated rings. The van der Waals surface area contributed by atoms with E-state index in [0.29, 0.717) is 17.3 Å². The Bertz CT molecular complexity index is 705. The third-order valence-corrected chi connectivity index (χ3v) is 4.05. The third-order valence-electron chi connectivity index (χ3n) is 3.81. The fraction of sp³-hybridized carbons (Fsp3) is 0.350. The first-order valence-electron chi connectivity index (χ1n) is 8.71. The van der Waals surface area contributed by atoms with Crippen molar-refractivity contribution in [2.75, 3.05) is 32.1 Å². The van der Waals surface area contributed by atoms with Gasteiger partial charge in [-0.25, -0.2) is 0 Å². The van der Waals surface area contributed by atoms with Crippen LogP contribution in [0.4, 0.5) is 5.69 Å². The minimum absolute atomic E-state index is 0.0533. The summed E-state index contributed by atoms with van der Waals surface area (Å²) in [6.07, 6.45) is 1.03. The average Bonchev–Trinajstić information content (AvgIpc) is 2.63. The van der Waals surface area contributed by atoms with E-state index < -0.39 is 0 Å². The average molecular weight is 376 g/mol. The summed E-state index contributed by atoms with van der Waals surface area (Å²) >= 11 is 6.09. The first-order chi connectivity index (χ1) is 12.6. The number of amides is 1. The van der Waals surface area contributed by atoms with Crippen molar-refractivity contribution in [1.82, 2.24) is 10.6 Å². The topological polar surface area (TPSA) is 62.4 Å². The molecule has 2 aromatic carbocycles. The van der Waals surface area contributed by atoms with Crippen LogP contribution >= 0.6 is 11.6 Å². The molecule has 0 heterocycles. The van der Waals surface area contributed by atoms with Crippen LogP contribution < -0.4 is 20.7 Å². The molecule has 0 bridgehead atoms. The Morgan fingerprint density at radius 2 is 1.88 bits per heavy atom. The van der Waals surface area contributed by atoms with Gasteiger partial charge in [0.1, 0.15) is 5.75 Å². The fourth-order valence-electron chi connectivity index (χ4n) is 2.42. The van der Waals surface area contributed by atoms with Crippen molar-refractivity contribution in [1.29, 1.82) is 0 Å². The summed E-state index contributed by atoms with van der Waals surface area (Å²) < 4.78 is 5.71. The van der Waals surface area contributed by atoms with Crippen LogP contribution in [0, 0.1) is 6.92 Å². The van der Waals surface area contributed by atoms with Crippen molar-refractivity contribution in [2.24, 2.45) is 0 Å². The molecule has 0 aliphatic heterocycles. The predicted octanol–water partition coefficient (Wildman–Crippen LogP) is 3.37. The van der Waals surface area contributed by atoms with Crippen LogP contribution in [0.2, 0.25) is 5.02 Å². The number of carbonyl (C=O) groups excluding carboxylic acids is 1. The number of aryl methyl sites for hydroxylation is 1. The summed E-state index contributed by atoms with van der Waals surface area (Å²) in [5.74, 6) is 0.464. The number of halogens is 1. The van der Waals surface area contributed by atoms with Gasteiger partial charge in [0.2, 0.25) is 0 Å². The first kappa shape index (κ1) is 20.2. The lowest BCUT2D eigenvalue weighted by Crippen LogP contribution is -2.22. The first-order valence-corrected chi connectivity index (χ1v) is 9.09. The molecule has 0 saturated carbocycles. The fourth-order valence-corrected chi connectivity index (χ4v) is 2.61. The van der Waals surface area contributed by atoms with E-state index in [1.54, 1.807) is 12.1 Å². The number of hydrogen-bond acceptors (Lipinski definition) is 4. The van der Waals surface area contributed by atoms with Gasteiger partial charge in [-0.3, -0.25) is 4.79 Å². The van der Waals surface area contributed by atoms with E-state index >= 15 is 0 Å². The maximum absolute atomic E-state index is 12.1. The Labute approximate surface area is 160 Å². The van der Waals surface area contributed by atoms with E-state index in [0.717, 1.165) is 36.3 Å².